The Labute approximate surface area is 156 Å². The average Bonchev–Trinajstić information content (AvgIpc) is 2.95. The van der Waals surface area contributed by atoms with Gasteiger partial charge in [0, 0.05) is 10.9 Å². The Kier molecular flexibility index (Phi) is 7.23. The lowest BCUT2D eigenvalue weighted by atomic mass is 10.2. The summed E-state index contributed by atoms with van der Waals surface area (Å²) in [4.78, 5) is 26.2. The quantitative estimate of drug-likeness (QED) is 0.497. The van der Waals surface area contributed by atoms with Gasteiger partial charge in [0.25, 0.3) is 5.91 Å². The van der Waals surface area contributed by atoms with Gasteiger partial charge < -0.3 is 9.64 Å². The molecule has 1 fully saturated rings. The minimum atomic E-state index is -1.49. The van der Waals surface area contributed by atoms with Crippen molar-refractivity contribution in [3.8, 4) is 0 Å². The standard InChI is InChI=1S/C16H22NO3PS3/c1-4-20-15(19)12-7-9-13(10-8-12)17-11-23-16(14(17)18)24-21(22,5-2)6-3/h7-10,16H,4-6,11H2,1-3H3. The zero-order valence-corrected chi connectivity index (χ0v) is 17.4. The highest BCUT2D eigenvalue weighted by molar-refractivity contribution is 8.73. The predicted octanol–water partition coefficient (Wildman–Crippen LogP) is 4.39. The number of amides is 1. The van der Waals surface area contributed by atoms with Crippen LogP contribution in [-0.4, -0.2) is 41.3 Å². The lowest BCUT2D eigenvalue weighted by molar-refractivity contribution is -0.116. The van der Waals surface area contributed by atoms with Crippen LogP contribution < -0.4 is 4.90 Å². The maximum absolute atomic E-state index is 12.7. The Bertz CT molecular complexity index is 642. The number of hydrogen-bond acceptors (Lipinski definition) is 6. The molecule has 0 radical (unpaired) electrons. The number of hydrogen-bond donors (Lipinski definition) is 0. The van der Waals surface area contributed by atoms with E-state index >= 15 is 0 Å². The van der Waals surface area contributed by atoms with Crippen LogP contribution in [0.2, 0.25) is 0 Å². The fourth-order valence-electron chi connectivity index (χ4n) is 2.22. The SMILES string of the molecule is CCOC(=O)c1ccc(N2CSC(SP(=S)(CC)CC)C2=O)cc1. The van der Waals surface area contributed by atoms with Crippen molar-refractivity contribution < 1.29 is 14.3 Å². The minimum Gasteiger partial charge on any atom is -0.462 e. The molecule has 1 aliphatic rings. The van der Waals surface area contributed by atoms with Crippen LogP contribution in [0.4, 0.5) is 5.69 Å². The number of nitrogens with zero attached hydrogens (tertiary/aromatic N) is 1. The summed E-state index contributed by atoms with van der Waals surface area (Å²) in [5.74, 6) is 0.383. The van der Waals surface area contributed by atoms with Gasteiger partial charge in [-0.2, -0.15) is 0 Å². The van der Waals surface area contributed by atoms with Crippen molar-refractivity contribution in [1.29, 1.82) is 0 Å². The second-order valence-corrected chi connectivity index (χ2v) is 15.7. The van der Waals surface area contributed by atoms with Crippen molar-refractivity contribution in [3.05, 3.63) is 29.8 Å². The topological polar surface area (TPSA) is 46.6 Å². The summed E-state index contributed by atoms with van der Waals surface area (Å²) in [5.41, 5.74) is 1.31. The van der Waals surface area contributed by atoms with E-state index in [1.807, 2.05) is 0 Å². The van der Waals surface area contributed by atoms with Crippen molar-refractivity contribution >= 4 is 57.8 Å². The van der Waals surface area contributed by atoms with Gasteiger partial charge in [0.05, 0.1) is 18.0 Å². The van der Waals surface area contributed by atoms with Crippen molar-refractivity contribution in [2.24, 2.45) is 0 Å². The number of thioether (sulfide) groups is 1. The molecule has 1 aromatic carbocycles. The Hall–Kier alpha value is -0.490. The molecule has 1 unspecified atom stereocenters. The summed E-state index contributed by atoms with van der Waals surface area (Å²) in [5, 5.41) is -1.49. The molecule has 2 rings (SSSR count). The molecule has 0 bridgehead atoms. The summed E-state index contributed by atoms with van der Waals surface area (Å²) >= 11 is 9.10. The number of benzene rings is 1. The van der Waals surface area contributed by atoms with Crippen LogP contribution in [0.5, 0.6) is 0 Å². The number of ether oxygens (including phenoxy) is 1. The van der Waals surface area contributed by atoms with E-state index in [0.29, 0.717) is 18.0 Å². The van der Waals surface area contributed by atoms with E-state index in [2.05, 4.69) is 13.8 Å². The van der Waals surface area contributed by atoms with Crippen molar-refractivity contribution in [3.63, 3.8) is 0 Å². The molecule has 0 spiro atoms. The van der Waals surface area contributed by atoms with Gasteiger partial charge in [-0.3, -0.25) is 4.79 Å². The first-order valence-corrected chi connectivity index (χ1v) is 13.6. The van der Waals surface area contributed by atoms with E-state index in [-0.39, 0.29) is 16.5 Å². The fraction of sp³-hybridized carbons (Fsp3) is 0.500. The monoisotopic (exact) mass is 403 g/mol. The van der Waals surface area contributed by atoms with Crippen LogP contribution in [0, 0.1) is 0 Å². The molecular weight excluding hydrogens is 381 g/mol. The van der Waals surface area contributed by atoms with E-state index in [1.54, 1.807) is 59.2 Å². The predicted molar refractivity (Wildman–Crippen MR) is 109 cm³/mol. The van der Waals surface area contributed by atoms with Gasteiger partial charge in [-0.05, 0) is 43.5 Å². The first-order valence-electron chi connectivity index (χ1n) is 7.90. The number of carbonyl (C=O) groups is 2. The molecule has 1 amide bonds. The van der Waals surface area contributed by atoms with Crippen LogP contribution in [0.1, 0.15) is 31.1 Å². The van der Waals surface area contributed by atoms with Crippen molar-refractivity contribution in [2.45, 2.75) is 25.4 Å². The highest BCUT2D eigenvalue weighted by Crippen LogP contribution is 2.62. The lowest BCUT2D eigenvalue weighted by Gasteiger charge is -2.21. The molecule has 1 atom stereocenters. The first-order chi connectivity index (χ1) is 11.4. The number of anilines is 1. The molecule has 0 N–H and O–H groups in total. The second kappa shape index (κ2) is 8.75. The van der Waals surface area contributed by atoms with Crippen LogP contribution in [0.3, 0.4) is 0 Å². The average molecular weight is 404 g/mol. The molecule has 8 heteroatoms. The Morgan fingerprint density at radius 2 is 1.96 bits per heavy atom. The molecule has 132 valence electrons. The van der Waals surface area contributed by atoms with Gasteiger partial charge in [0.15, 0.2) is 0 Å². The zero-order chi connectivity index (χ0) is 17.7. The molecule has 1 saturated heterocycles. The maximum atomic E-state index is 12.7. The molecule has 0 saturated carbocycles. The van der Waals surface area contributed by atoms with Gasteiger partial charge in [0.1, 0.15) is 4.58 Å². The summed E-state index contributed by atoms with van der Waals surface area (Å²) in [6.07, 6.45) is 1.95. The number of carbonyl (C=O) groups excluding carboxylic acids is 2. The van der Waals surface area contributed by atoms with E-state index < -0.39 is 5.24 Å². The summed E-state index contributed by atoms with van der Waals surface area (Å²) in [6, 6.07) is 7.00. The Balaban J connectivity index is 2.07. The first kappa shape index (κ1) is 19.8. The smallest absolute Gasteiger partial charge is 0.338 e. The van der Waals surface area contributed by atoms with Crippen molar-refractivity contribution in [1.82, 2.24) is 0 Å². The summed E-state index contributed by atoms with van der Waals surface area (Å²) in [7, 11) is 0. The number of rotatable bonds is 7. The lowest BCUT2D eigenvalue weighted by Crippen LogP contribution is -2.28. The molecular formula is C16H22NO3PS3. The van der Waals surface area contributed by atoms with Gasteiger partial charge in [-0.25, -0.2) is 4.79 Å². The third-order valence-corrected chi connectivity index (χ3v) is 14.2. The molecule has 0 aromatic heterocycles. The van der Waals surface area contributed by atoms with Crippen LogP contribution >= 0.6 is 28.4 Å². The van der Waals surface area contributed by atoms with Crippen LogP contribution in [0.15, 0.2) is 24.3 Å². The molecule has 1 aromatic rings. The zero-order valence-electron chi connectivity index (χ0n) is 14.1. The van der Waals surface area contributed by atoms with E-state index in [9.17, 15) is 9.59 Å². The van der Waals surface area contributed by atoms with E-state index in [1.165, 1.54) is 0 Å². The van der Waals surface area contributed by atoms with Crippen LogP contribution in [-0.2, 0) is 21.3 Å². The highest BCUT2D eigenvalue weighted by Gasteiger charge is 2.36. The molecule has 24 heavy (non-hydrogen) atoms. The minimum absolute atomic E-state index is 0.102. The third-order valence-electron chi connectivity index (χ3n) is 3.76. The number of esters is 1. The van der Waals surface area contributed by atoms with Gasteiger partial charge in [0.2, 0.25) is 0 Å². The Morgan fingerprint density at radius 1 is 1.33 bits per heavy atom. The van der Waals surface area contributed by atoms with Gasteiger partial charge in [-0.15, -0.1) is 11.8 Å². The van der Waals surface area contributed by atoms with Crippen LogP contribution in [0.25, 0.3) is 0 Å². The summed E-state index contributed by atoms with van der Waals surface area (Å²) in [6.45, 7) is 6.36. The van der Waals surface area contributed by atoms with Crippen molar-refractivity contribution in [2.75, 3.05) is 29.7 Å². The Morgan fingerprint density at radius 3 is 2.50 bits per heavy atom. The molecule has 0 aliphatic carbocycles. The van der Waals surface area contributed by atoms with E-state index in [4.69, 9.17) is 16.5 Å². The fourth-order valence-corrected chi connectivity index (χ4v) is 10.3. The third kappa shape index (κ3) is 4.57. The largest absolute Gasteiger partial charge is 0.462 e. The summed E-state index contributed by atoms with van der Waals surface area (Å²) < 4.78 is 4.87. The highest BCUT2D eigenvalue weighted by atomic mass is 32.9. The second-order valence-electron chi connectivity index (χ2n) is 5.21. The van der Waals surface area contributed by atoms with E-state index in [0.717, 1.165) is 18.0 Å². The van der Waals surface area contributed by atoms with Gasteiger partial charge in [-0.1, -0.05) is 37.0 Å². The normalized spacial score (nSPS) is 18.0. The maximum Gasteiger partial charge on any atom is 0.338 e. The molecule has 1 aliphatic heterocycles. The molecule has 4 nitrogen and oxygen atoms in total. The van der Waals surface area contributed by atoms with Gasteiger partial charge >= 0.3 is 5.97 Å². The molecule has 1 heterocycles.